The minimum absolute atomic E-state index is 0.651. The van der Waals surface area contributed by atoms with Gasteiger partial charge in [0.15, 0.2) is 17.5 Å². The zero-order valence-electron chi connectivity index (χ0n) is 23.7. The van der Waals surface area contributed by atoms with Crippen molar-refractivity contribution in [1.82, 2.24) is 19.5 Å². The molecule has 0 spiro atoms. The molecule has 0 aliphatic rings. The number of aryl methyl sites for hydroxylation is 4. The van der Waals surface area contributed by atoms with Crippen LogP contribution in [-0.2, 0) is 0 Å². The lowest BCUT2D eigenvalue weighted by Gasteiger charge is -2.16. The van der Waals surface area contributed by atoms with Crippen LogP contribution in [0.25, 0.3) is 61.7 Å². The van der Waals surface area contributed by atoms with Gasteiger partial charge in [-0.25, -0.2) is 15.0 Å². The first-order chi connectivity index (χ1) is 20.0. The minimum Gasteiger partial charge on any atom is -0.308 e. The first-order valence-electron chi connectivity index (χ1n) is 14.0. The van der Waals surface area contributed by atoms with Gasteiger partial charge in [-0.3, -0.25) is 0 Å². The van der Waals surface area contributed by atoms with Crippen LogP contribution < -0.4 is 0 Å². The Balaban J connectivity index is 1.56. The average molecular weight is 531 g/mol. The summed E-state index contributed by atoms with van der Waals surface area (Å²) in [5.41, 5.74) is 11.4. The number of para-hydroxylation sites is 1. The van der Waals surface area contributed by atoms with E-state index in [4.69, 9.17) is 15.0 Å². The molecule has 2 aromatic heterocycles. The van der Waals surface area contributed by atoms with E-state index in [0.717, 1.165) is 22.4 Å². The Morgan fingerprint density at radius 3 is 1.41 bits per heavy atom. The summed E-state index contributed by atoms with van der Waals surface area (Å²) in [5.74, 6) is 1.97. The number of nitrogens with zero attached hydrogens (tertiary/aromatic N) is 4. The first-order valence-corrected chi connectivity index (χ1v) is 14.0. The lowest BCUT2D eigenvalue weighted by Crippen LogP contribution is -2.04. The molecule has 0 atom stereocenters. The molecule has 0 fully saturated rings. The van der Waals surface area contributed by atoms with Gasteiger partial charge in [0.2, 0.25) is 0 Å². The van der Waals surface area contributed by atoms with E-state index >= 15 is 0 Å². The van der Waals surface area contributed by atoms with Gasteiger partial charge in [-0.05, 0) is 63.1 Å². The lowest BCUT2D eigenvalue weighted by molar-refractivity contribution is 1.06. The van der Waals surface area contributed by atoms with E-state index < -0.39 is 0 Å². The van der Waals surface area contributed by atoms with Crippen molar-refractivity contribution in [3.8, 4) is 39.9 Å². The molecule has 0 unspecified atom stereocenters. The van der Waals surface area contributed by atoms with Crippen molar-refractivity contribution in [2.24, 2.45) is 0 Å². The number of hydrogen-bond donors (Lipinski definition) is 0. The molecule has 0 saturated carbocycles. The van der Waals surface area contributed by atoms with Gasteiger partial charge in [0.25, 0.3) is 0 Å². The topological polar surface area (TPSA) is 43.6 Å². The summed E-state index contributed by atoms with van der Waals surface area (Å²) in [4.78, 5) is 15.0. The molecule has 41 heavy (non-hydrogen) atoms. The van der Waals surface area contributed by atoms with E-state index in [-0.39, 0.29) is 0 Å². The summed E-state index contributed by atoms with van der Waals surface area (Å²) in [6.07, 6.45) is 0. The summed E-state index contributed by atoms with van der Waals surface area (Å²) in [6, 6.07) is 37.9. The van der Waals surface area contributed by atoms with Gasteiger partial charge in [-0.1, -0.05) is 96.1 Å². The second-order valence-electron chi connectivity index (χ2n) is 10.8. The van der Waals surface area contributed by atoms with Crippen molar-refractivity contribution in [2.45, 2.75) is 27.7 Å². The highest BCUT2D eigenvalue weighted by atomic mass is 15.1. The maximum absolute atomic E-state index is 5.07. The molecule has 0 amide bonds. The Bertz CT molecular complexity index is 1950. The predicted molar refractivity (Wildman–Crippen MR) is 169 cm³/mol. The van der Waals surface area contributed by atoms with E-state index in [2.05, 4.69) is 80.8 Å². The fraction of sp³-hybridized carbons (Fsp3) is 0.108. The molecule has 0 aliphatic carbocycles. The number of rotatable bonds is 4. The smallest absolute Gasteiger partial charge is 0.166 e. The minimum atomic E-state index is 0.651. The average Bonchev–Trinajstić information content (AvgIpc) is 3.32. The number of benzene rings is 5. The fourth-order valence-corrected chi connectivity index (χ4v) is 6.06. The maximum Gasteiger partial charge on any atom is 0.166 e. The van der Waals surface area contributed by atoms with Gasteiger partial charge >= 0.3 is 0 Å². The molecule has 7 rings (SSSR count). The molecule has 198 valence electrons. The second kappa shape index (κ2) is 9.83. The Morgan fingerprint density at radius 2 is 0.902 bits per heavy atom. The molecule has 2 heterocycles. The summed E-state index contributed by atoms with van der Waals surface area (Å²) < 4.78 is 2.41. The van der Waals surface area contributed by atoms with E-state index in [1.807, 2.05) is 60.7 Å². The molecule has 4 nitrogen and oxygen atoms in total. The van der Waals surface area contributed by atoms with Crippen molar-refractivity contribution < 1.29 is 0 Å². The summed E-state index contributed by atoms with van der Waals surface area (Å²) >= 11 is 0. The van der Waals surface area contributed by atoms with Gasteiger partial charge in [0, 0.05) is 27.5 Å². The summed E-state index contributed by atoms with van der Waals surface area (Å²) in [5, 5.41) is 2.54. The third-order valence-corrected chi connectivity index (χ3v) is 7.71. The van der Waals surface area contributed by atoms with Gasteiger partial charge < -0.3 is 4.57 Å². The van der Waals surface area contributed by atoms with Crippen LogP contribution in [0.3, 0.4) is 0 Å². The third kappa shape index (κ3) is 4.29. The maximum atomic E-state index is 5.07. The summed E-state index contributed by atoms with van der Waals surface area (Å²) in [6.45, 7) is 8.76. The van der Waals surface area contributed by atoms with Crippen molar-refractivity contribution in [3.63, 3.8) is 0 Å². The zero-order chi connectivity index (χ0) is 28.1. The van der Waals surface area contributed by atoms with Gasteiger partial charge in [-0.2, -0.15) is 0 Å². The van der Waals surface area contributed by atoms with Crippen LogP contribution in [0.15, 0.2) is 109 Å². The number of hydrogen-bond acceptors (Lipinski definition) is 3. The number of aromatic nitrogens is 4. The second-order valence-corrected chi connectivity index (χ2v) is 10.8. The molecular formula is C37H30N4. The molecule has 0 saturated heterocycles. The molecule has 4 heteroatoms. The Labute approximate surface area is 240 Å². The van der Waals surface area contributed by atoms with E-state index in [9.17, 15) is 0 Å². The molecule has 7 aromatic rings. The van der Waals surface area contributed by atoms with Gasteiger partial charge in [0.05, 0.1) is 16.7 Å². The Kier molecular flexibility index (Phi) is 5.97. The lowest BCUT2D eigenvalue weighted by atomic mass is 10.0. The molecular weight excluding hydrogens is 500 g/mol. The summed E-state index contributed by atoms with van der Waals surface area (Å²) in [7, 11) is 0. The van der Waals surface area contributed by atoms with Crippen LogP contribution >= 0.6 is 0 Å². The highest BCUT2D eigenvalue weighted by Gasteiger charge is 2.21. The zero-order valence-corrected chi connectivity index (χ0v) is 23.7. The molecule has 5 aromatic carbocycles. The monoisotopic (exact) mass is 530 g/mol. The normalized spacial score (nSPS) is 11.4. The van der Waals surface area contributed by atoms with Crippen LogP contribution in [0.4, 0.5) is 0 Å². The quantitative estimate of drug-likeness (QED) is 0.228. The van der Waals surface area contributed by atoms with Crippen molar-refractivity contribution >= 4 is 21.8 Å². The van der Waals surface area contributed by atoms with E-state index in [1.165, 1.54) is 44.1 Å². The van der Waals surface area contributed by atoms with Crippen LogP contribution in [0.2, 0.25) is 0 Å². The Hall–Kier alpha value is -5.09. The first kappa shape index (κ1) is 24.9. The molecule has 0 aliphatic heterocycles. The third-order valence-electron chi connectivity index (χ3n) is 7.71. The van der Waals surface area contributed by atoms with Crippen molar-refractivity contribution in [2.75, 3.05) is 0 Å². The highest BCUT2D eigenvalue weighted by Crippen LogP contribution is 2.39. The molecule has 0 radical (unpaired) electrons. The standard InChI is InChI=1S/C37H30N4/c1-23-19-25(3)33-30(21-23)31-22-24(2)20-26(4)34(31)41(33)32-18-12-11-17-29(32)37-39-35(27-13-7-5-8-14-27)38-36(40-37)28-15-9-6-10-16-28/h5-22H,1-4H3. The SMILES string of the molecule is Cc1cc(C)c2c(c1)c1cc(C)cc(C)c1n2-c1ccccc1-c1nc(-c2ccccc2)nc(-c2ccccc2)n1. The highest BCUT2D eigenvalue weighted by molar-refractivity contribution is 6.12. The molecule has 0 bridgehead atoms. The Morgan fingerprint density at radius 1 is 0.463 bits per heavy atom. The van der Waals surface area contributed by atoms with Crippen LogP contribution in [0.5, 0.6) is 0 Å². The molecule has 0 N–H and O–H groups in total. The van der Waals surface area contributed by atoms with Gasteiger partial charge in [0.1, 0.15) is 0 Å². The van der Waals surface area contributed by atoms with Crippen molar-refractivity contribution in [1.29, 1.82) is 0 Å². The predicted octanol–water partition coefficient (Wildman–Crippen LogP) is 9.20. The van der Waals surface area contributed by atoms with E-state index in [1.54, 1.807) is 0 Å². The van der Waals surface area contributed by atoms with Crippen LogP contribution in [0.1, 0.15) is 22.3 Å². The van der Waals surface area contributed by atoms with Crippen LogP contribution in [-0.4, -0.2) is 19.5 Å². The van der Waals surface area contributed by atoms with Crippen molar-refractivity contribution in [3.05, 3.63) is 131 Å². The fourth-order valence-electron chi connectivity index (χ4n) is 6.06. The van der Waals surface area contributed by atoms with Crippen LogP contribution in [0, 0.1) is 27.7 Å². The largest absolute Gasteiger partial charge is 0.308 e. The number of fused-ring (bicyclic) bond motifs is 3. The van der Waals surface area contributed by atoms with E-state index in [0.29, 0.717) is 17.5 Å². The van der Waals surface area contributed by atoms with Gasteiger partial charge in [-0.15, -0.1) is 0 Å².